The van der Waals surface area contributed by atoms with Gasteiger partial charge in [0.05, 0.1) is 12.6 Å². The molecule has 0 spiro atoms. The van der Waals surface area contributed by atoms with Gasteiger partial charge in [-0.3, -0.25) is 4.79 Å². The molecule has 0 saturated carbocycles. The molecule has 88 valence electrons. The number of aromatic nitrogens is 1. The van der Waals surface area contributed by atoms with Gasteiger partial charge in [0, 0.05) is 18.8 Å². The zero-order chi connectivity index (χ0) is 12.2. The summed E-state index contributed by atoms with van der Waals surface area (Å²) < 4.78 is 4.93. The van der Waals surface area contributed by atoms with Gasteiger partial charge in [-0.2, -0.15) is 0 Å². The predicted molar refractivity (Wildman–Crippen MR) is 60.9 cm³/mol. The molecule has 1 heterocycles. The maximum atomic E-state index is 11.5. The Bertz CT molecular complexity index is 354. The second kappa shape index (κ2) is 4.94. The number of carbonyl (C=O) groups excluding carboxylic acids is 1. The molecule has 0 aliphatic carbocycles. The smallest absolute Gasteiger partial charge is 0.239 e. The molecular formula is C11H17N3O2. The highest BCUT2D eigenvalue weighted by atomic mass is 16.5. The van der Waals surface area contributed by atoms with Crippen molar-refractivity contribution >= 4 is 5.91 Å². The number of ether oxygens (including phenoxy) is 1. The average Bonchev–Trinajstić information content (AvgIpc) is 2.25. The molecule has 3 N–H and O–H groups in total. The van der Waals surface area contributed by atoms with E-state index in [0.29, 0.717) is 12.4 Å². The van der Waals surface area contributed by atoms with Crippen LogP contribution in [0.5, 0.6) is 5.88 Å². The first-order valence-electron chi connectivity index (χ1n) is 4.99. The number of amides is 1. The van der Waals surface area contributed by atoms with Crippen LogP contribution in [-0.2, 0) is 11.3 Å². The summed E-state index contributed by atoms with van der Waals surface area (Å²) in [6.45, 7) is 3.74. The van der Waals surface area contributed by atoms with Crippen molar-refractivity contribution in [2.24, 2.45) is 5.73 Å². The van der Waals surface area contributed by atoms with Gasteiger partial charge >= 0.3 is 0 Å². The fraction of sp³-hybridized carbons (Fsp3) is 0.455. The molecule has 1 aromatic heterocycles. The van der Waals surface area contributed by atoms with Gasteiger partial charge in [0.15, 0.2) is 0 Å². The fourth-order valence-corrected chi connectivity index (χ4v) is 1.05. The Morgan fingerprint density at radius 1 is 1.56 bits per heavy atom. The van der Waals surface area contributed by atoms with Crippen molar-refractivity contribution in [3.05, 3.63) is 23.9 Å². The minimum atomic E-state index is -0.861. The van der Waals surface area contributed by atoms with E-state index in [9.17, 15) is 4.79 Å². The standard InChI is InChI=1S/C11H17N3O2/c1-11(2,12)10(15)14-7-8-4-5-9(16-3)13-6-8/h4-6H,7,12H2,1-3H3,(H,14,15). The highest BCUT2D eigenvalue weighted by molar-refractivity contribution is 5.84. The van der Waals surface area contributed by atoms with Crippen molar-refractivity contribution in [1.82, 2.24) is 10.3 Å². The van der Waals surface area contributed by atoms with Crippen LogP contribution in [0, 0.1) is 0 Å². The van der Waals surface area contributed by atoms with E-state index in [2.05, 4.69) is 10.3 Å². The Labute approximate surface area is 95.0 Å². The molecule has 1 rings (SSSR count). The zero-order valence-electron chi connectivity index (χ0n) is 9.78. The van der Waals surface area contributed by atoms with Gasteiger partial charge in [-0.05, 0) is 19.4 Å². The number of carbonyl (C=O) groups is 1. The third-order valence-electron chi connectivity index (χ3n) is 2.05. The van der Waals surface area contributed by atoms with Crippen molar-refractivity contribution < 1.29 is 9.53 Å². The molecule has 16 heavy (non-hydrogen) atoms. The van der Waals surface area contributed by atoms with Gasteiger partial charge in [0.25, 0.3) is 0 Å². The van der Waals surface area contributed by atoms with Gasteiger partial charge < -0.3 is 15.8 Å². The quantitative estimate of drug-likeness (QED) is 0.776. The summed E-state index contributed by atoms with van der Waals surface area (Å²) in [7, 11) is 1.56. The van der Waals surface area contributed by atoms with Crippen molar-refractivity contribution in [1.29, 1.82) is 0 Å². The van der Waals surface area contributed by atoms with E-state index >= 15 is 0 Å². The van der Waals surface area contributed by atoms with Crippen molar-refractivity contribution in [3.8, 4) is 5.88 Å². The summed E-state index contributed by atoms with van der Waals surface area (Å²) >= 11 is 0. The molecule has 0 radical (unpaired) electrons. The number of hydrogen-bond acceptors (Lipinski definition) is 4. The Hall–Kier alpha value is -1.62. The summed E-state index contributed by atoms with van der Waals surface area (Å²) in [4.78, 5) is 15.5. The minimum Gasteiger partial charge on any atom is -0.481 e. The van der Waals surface area contributed by atoms with Crippen LogP contribution in [0.1, 0.15) is 19.4 Å². The number of pyridine rings is 1. The summed E-state index contributed by atoms with van der Waals surface area (Å²) in [5, 5.41) is 2.73. The van der Waals surface area contributed by atoms with E-state index in [1.165, 1.54) is 0 Å². The molecule has 0 unspecified atom stereocenters. The first kappa shape index (κ1) is 12.4. The zero-order valence-corrected chi connectivity index (χ0v) is 9.78. The molecule has 0 aromatic carbocycles. The van der Waals surface area contributed by atoms with Crippen LogP contribution in [-0.4, -0.2) is 23.5 Å². The third-order valence-corrected chi connectivity index (χ3v) is 2.05. The maximum Gasteiger partial charge on any atom is 0.239 e. The van der Waals surface area contributed by atoms with E-state index < -0.39 is 5.54 Å². The van der Waals surface area contributed by atoms with Gasteiger partial charge in [0.2, 0.25) is 11.8 Å². The van der Waals surface area contributed by atoms with Crippen molar-refractivity contribution in [3.63, 3.8) is 0 Å². The number of methoxy groups -OCH3 is 1. The number of rotatable bonds is 4. The lowest BCUT2D eigenvalue weighted by molar-refractivity contribution is -0.125. The lowest BCUT2D eigenvalue weighted by Gasteiger charge is -2.17. The number of nitrogens with two attached hydrogens (primary N) is 1. The molecule has 1 aromatic rings. The molecule has 0 aliphatic heterocycles. The predicted octanol–water partition coefficient (Wildman–Crippen LogP) is 0.444. The highest BCUT2D eigenvalue weighted by Gasteiger charge is 2.20. The van der Waals surface area contributed by atoms with E-state index in [-0.39, 0.29) is 5.91 Å². The van der Waals surface area contributed by atoms with E-state index in [1.54, 1.807) is 33.2 Å². The van der Waals surface area contributed by atoms with Gasteiger partial charge in [-0.25, -0.2) is 4.98 Å². The summed E-state index contributed by atoms with van der Waals surface area (Å²) in [6.07, 6.45) is 1.66. The van der Waals surface area contributed by atoms with Gasteiger partial charge in [-0.15, -0.1) is 0 Å². The number of nitrogens with zero attached hydrogens (tertiary/aromatic N) is 1. The average molecular weight is 223 g/mol. The van der Waals surface area contributed by atoms with Crippen molar-refractivity contribution in [2.75, 3.05) is 7.11 Å². The summed E-state index contributed by atoms with van der Waals surface area (Å²) in [5.74, 6) is 0.359. The molecule has 0 bridgehead atoms. The number of hydrogen-bond donors (Lipinski definition) is 2. The van der Waals surface area contributed by atoms with E-state index in [4.69, 9.17) is 10.5 Å². The van der Waals surface area contributed by atoms with Gasteiger partial charge in [0.1, 0.15) is 0 Å². The molecule has 0 atom stereocenters. The second-order valence-corrected chi connectivity index (χ2v) is 4.11. The Morgan fingerprint density at radius 2 is 2.25 bits per heavy atom. The third kappa shape index (κ3) is 3.51. The Kier molecular flexibility index (Phi) is 3.84. The second-order valence-electron chi connectivity index (χ2n) is 4.11. The molecule has 5 nitrogen and oxygen atoms in total. The van der Waals surface area contributed by atoms with E-state index in [0.717, 1.165) is 5.56 Å². The monoisotopic (exact) mass is 223 g/mol. The van der Waals surface area contributed by atoms with Crippen molar-refractivity contribution in [2.45, 2.75) is 25.9 Å². The van der Waals surface area contributed by atoms with Crippen LogP contribution in [0.4, 0.5) is 0 Å². The number of nitrogens with one attached hydrogen (secondary N) is 1. The molecule has 1 amide bonds. The van der Waals surface area contributed by atoms with E-state index in [1.807, 2.05) is 6.07 Å². The summed E-state index contributed by atoms with van der Waals surface area (Å²) in [5.41, 5.74) is 5.68. The van der Waals surface area contributed by atoms with Crippen LogP contribution >= 0.6 is 0 Å². The van der Waals surface area contributed by atoms with Gasteiger partial charge in [-0.1, -0.05) is 6.07 Å². The largest absolute Gasteiger partial charge is 0.481 e. The first-order chi connectivity index (χ1) is 7.43. The lowest BCUT2D eigenvalue weighted by Crippen LogP contribution is -2.48. The topological polar surface area (TPSA) is 77.2 Å². The summed E-state index contributed by atoms with van der Waals surface area (Å²) in [6, 6.07) is 3.59. The molecule has 5 heteroatoms. The van der Waals surface area contributed by atoms with Crippen LogP contribution in [0.2, 0.25) is 0 Å². The highest BCUT2D eigenvalue weighted by Crippen LogP contribution is 2.06. The van der Waals surface area contributed by atoms with Crippen LogP contribution < -0.4 is 15.8 Å². The lowest BCUT2D eigenvalue weighted by atomic mass is 10.1. The molecule has 0 fully saturated rings. The van der Waals surface area contributed by atoms with Crippen LogP contribution in [0.3, 0.4) is 0 Å². The molecule has 0 saturated heterocycles. The Morgan fingerprint density at radius 3 is 2.69 bits per heavy atom. The minimum absolute atomic E-state index is 0.191. The SMILES string of the molecule is COc1ccc(CNC(=O)C(C)(C)N)cn1. The fourth-order valence-electron chi connectivity index (χ4n) is 1.05. The normalized spacial score (nSPS) is 11.0. The molecular weight excluding hydrogens is 206 g/mol. The maximum absolute atomic E-state index is 11.5. The first-order valence-corrected chi connectivity index (χ1v) is 4.99. The van der Waals surface area contributed by atoms with Crippen LogP contribution in [0.25, 0.3) is 0 Å². The Balaban J connectivity index is 2.52. The molecule has 0 aliphatic rings. The van der Waals surface area contributed by atoms with Crippen LogP contribution in [0.15, 0.2) is 18.3 Å².